The van der Waals surface area contributed by atoms with Crippen molar-refractivity contribution < 1.29 is 14.4 Å². The molecule has 0 saturated heterocycles. The normalized spacial score (nSPS) is 11.5. The van der Waals surface area contributed by atoms with Crippen LogP contribution in [0.4, 0.5) is 11.4 Å². The van der Waals surface area contributed by atoms with Gasteiger partial charge in [-0.2, -0.15) is 0 Å². The zero-order valence-corrected chi connectivity index (χ0v) is 14.3. The van der Waals surface area contributed by atoms with Gasteiger partial charge in [0.05, 0.1) is 6.16 Å². The van der Waals surface area contributed by atoms with E-state index in [2.05, 4.69) is 37.5 Å². The summed E-state index contributed by atoms with van der Waals surface area (Å²) in [6.45, 7) is 11.7. The van der Waals surface area contributed by atoms with Crippen molar-refractivity contribution in [1.82, 2.24) is 0 Å². The molecule has 6 heteroatoms. The molecule has 0 unspecified atom stereocenters. The summed E-state index contributed by atoms with van der Waals surface area (Å²) < 4.78 is 11.3. The van der Waals surface area contributed by atoms with E-state index in [0.29, 0.717) is 5.56 Å². The fourth-order valence-corrected chi connectivity index (χ4v) is 3.26. The zero-order chi connectivity index (χ0) is 16.0. The molecule has 0 saturated carbocycles. The Morgan fingerprint density at radius 3 is 1.90 bits per heavy atom. The Kier molecular flexibility index (Phi) is 6.72. The number of hydrogen-bond donors (Lipinski definition) is 2. The molecule has 0 atom stereocenters. The Hall–Kier alpha value is -1.03. The van der Waals surface area contributed by atoms with E-state index in [9.17, 15) is 14.4 Å². The Balaban J connectivity index is 3.28. The summed E-state index contributed by atoms with van der Waals surface area (Å²) in [5, 5.41) is 0. The first kappa shape index (κ1) is 18.0. The minimum absolute atomic E-state index is 0.211. The first-order chi connectivity index (χ1) is 9.86. The van der Waals surface area contributed by atoms with Gasteiger partial charge in [0.15, 0.2) is 0 Å². The summed E-state index contributed by atoms with van der Waals surface area (Å²) in [5.74, 6) is 0. The highest BCUT2D eigenvalue weighted by Gasteiger charge is 2.19. The van der Waals surface area contributed by atoms with E-state index in [1.54, 1.807) is 0 Å². The Morgan fingerprint density at radius 1 is 0.952 bits per heavy atom. The van der Waals surface area contributed by atoms with E-state index < -0.39 is 7.60 Å². The van der Waals surface area contributed by atoms with E-state index in [1.165, 1.54) is 0 Å². The zero-order valence-electron chi connectivity index (χ0n) is 13.4. The standard InChI is InChI=1S/C15H27N2O3P/c1-5-16(6-2)14-10-9-13(12-21(18,19)20)15(11-14)17(7-3)8-4/h9-11H,5-8,12H2,1-4H3,(H2,18,19,20). The molecule has 0 aliphatic carbocycles. The van der Waals surface area contributed by atoms with Crippen molar-refractivity contribution in [2.45, 2.75) is 33.9 Å². The van der Waals surface area contributed by atoms with Crippen molar-refractivity contribution in [3.8, 4) is 0 Å². The lowest BCUT2D eigenvalue weighted by atomic mass is 10.1. The first-order valence-electron chi connectivity index (χ1n) is 7.53. The SMILES string of the molecule is CCN(CC)c1ccc(CP(=O)(O)O)c(N(CC)CC)c1. The summed E-state index contributed by atoms with van der Waals surface area (Å²) in [4.78, 5) is 22.9. The van der Waals surface area contributed by atoms with Gasteiger partial charge in [-0.1, -0.05) is 6.07 Å². The van der Waals surface area contributed by atoms with E-state index in [1.807, 2.05) is 18.2 Å². The quantitative estimate of drug-likeness (QED) is 0.722. The number of anilines is 2. The van der Waals surface area contributed by atoms with Crippen LogP contribution in [0.1, 0.15) is 33.3 Å². The second kappa shape index (κ2) is 7.83. The smallest absolute Gasteiger partial charge is 0.329 e. The minimum Gasteiger partial charge on any atom is -0.372 e. The molecule has 0 heterocycles. The molecule has 0 bridgehead atoms. The van der Waals surface area contributed by atoms with Crippen molar-refractivity contribution in [1.29, 1.82) is 0 Å². The van der Waals surface area contributed by atoms with E-state index in [4.69, 9.17) is 0 Å². The Morgan fingerprint density at radius 2 is 1.48 bits per heavy atom. The molecular formula is C15H27N2O3P. The lowest BCUT2D eigenvalue weighted by Gasteiger charge is -2.28. The van der Waals surface area contributed by atoms with Crippen LogP contribution in [0.15, 0.2) is 18.2 Å². The second-order valence-electron chi connectivity index (χ2n) is 4.98. The maximum atomic E-state index is 11.3. The molecule has 0 spiro atoms. The topological polar surface area (TPSA) is 64.0 Å². The van der Waals surface area contributed by atoms with Crippen LogP contribution in [0.2, 0.25) is 0 Å². The summed E-state index contributed by atoms with van der Waals surface area (Å²) >= 11 is 0. The average molecular weight is 314 g/mol. The second-order valence-corrected chi connectivity index (χ2v) is 6.63. The van der Waals surface area contributed by atoms with Gasteiger partial charge in [0, 0.05) is 37.6 Å². The molecule has 0 amide bonds. The summed E-state index contributed by atoms with van der Waals surface area (Å²) in [6, 6.07) is 5.84. The van der Waals surface area contributed by atoms with Crippen LogP contribution in [-0.2, 0) is 10.7 Å². The molecule has 5 nitrogen and oxygen atoms in total. The largest absolute Gasteiger partial charge is 0.372 e. The van der Waals surface area contributed by atoms with Crippen LogP contribution in [0.3, 0.4) is 0 Å². The fourth-order valence-electron chi connectivity index (χ4n) is 2.55. The van der Waals surface area contributed by atoms with Gasteiger partial charge in [-0.25, -0.2) is 0 Å². The van der Waals surface area contributed by atoms with Crippen molar-refractivity contribution in [3.05, 3.63) is 23.8 Å². The van der Waals surface area contributed by atoms with Crippen molar-refractivity contribution in [2.75, 3.05) is 36.0 Å². The van der Waals surface area contributed by atoms with Gasteiger partial charge in [0.25, 0.3) is 0 Å². The highest BCUT2D eigenvalue weighted by Crippen LogP contribution is 2.42. The molecule has 1 rings (SSSR count). The van der Waals surface area contributed by atoms with Crippen molar-refractivity contribution in [2.24, 2.45) is 0 Å². The summed E-state index contributed by atoms with van der Waals surface area (Å²) in [5.41, 5.74) is 2.73. The highest BCUT2D eigenvalue weighted by molar-refractivity contribution is 7.50. The third-order valence-electron chi connectivity index (χ3n) is 3.68. The van der Waals surface area contributed by atoms with Gasteiger partial charge in [-0.3, -0.25) is 4.57 Å². The van der Waals surface area contributed by atoms with Gasteiger partial charge in [-0.15, -0.1) is 0 Å². The van der Waals surface area contributed by atoms with E-state index in [-0.39, 0.29) is 6.16 Å². The predicted octanol–water partition coefficient (Wildman–Crippen LogP) is 3.06. The first-order valence-corrected chi connectivity index (χ1v) is 9.33. The lowest BCUT2D eigenvalue weighted by molar-refractivity contribution is 0.371. The van der Waals surface area contributed by atoms with Crippen LogP contribution < -0.4 is 9.80 Å². The number of hydrogen-bond acceptors (Lipinski definition) is 3. The average Bonchev–Trinajstić information content (AvgIpc) is 2.42. The maximum absolute atomic E-state index is 11.3. The van der Waals surface area contributed by atoms with Gasteiger partial charge < -0.3 is 19.6 Å². The molecule has 0 aliphatic rings. The summed E-state index contributed by atoms with van der Waals surface area (Å²) in [7, 11) is -4.07. The van der Waals surface area contributed by atoms with Crippen LogP contribution in [0.25, 0.3) is 0 Å². The summed E-state index contributed by atoms with van der Waals surface area (Å²) in [6.07, 6.45) is -0.211. The van der Waals surface area contributed by atoms with Gasteiger partial charge >= 0.3 is 7.60 Å². The van der Waals surface area contributed by atoms with Crippen LogP contribution >= 0.6 is 7.60 Å². The van der Waals surface area contributed by atoms with Gasteiger partial charge in [0.2, 0.25) is 0 Å². The molecule has 0 aromatic heterocycles. The fraction of sp³-hybridized carbons (Fsp3) is 0.600. The highest BCUT2D eigenvalue weighted by atomic mass is 31.2. The number of nitrogens with zero attached hydrogens (tertiary/aromatic N) is 2. The van der Waals surface area contributed by atoms with Gasteiger partial charge in [0.1, 0.15) is 0 Å². The van der Waals surface area contributed by atoms with Crippen LogP contribution in [-0.4, -0.2) is 36.0 Å². The van der Waals surface area contributed by atoms with Crippen molar-refractivity contribution in [3.63, 3.8) is 0 Å². The molecule has 1 aromatic carbocycles. The third kappa shape index (κ3) is 5.03. The Bertz CT molecular complexity index is 494. The molecular weight excluding hydrogens is 287 g/mol. The van der Waals surface area contributed by atoms with Crippen molar-refractivity contribution >= 4 is 19.0 Å². The molecule has 120 valence electrons. The van der Waals surface area contributed by atoms with E-state index in [0.717, 1.165) is 37.6 Å². The minimum atomic E-state index is -4.07. The molecule has 2 N–H and O–H groups in total. The number of rotatable bonds is 8. The van der Waals surface area contributed by atoms with Crippen LogP contribution in [0, 0.1) is 0 Å². The molecule has 21 heavy (non-hydrogen) atoms. The third-order valence-corrected chi connectivity index (χ3v) is 4.43. The maximum Gasteiger partial charge on any atom is 0.329 e. The van der Waals surface area contributed by atoms with E-state index >= 15 is 0 Å². The molecule has 0 radical (unpaired) electrons. The monoisotopic (exact) mass is 314 g/mol. The molecule has 1 aromatic rings. The molecule has 0 fully saturated rings. The predicted molar refractivity (Wildman–Crippen MR) is 89.3 cm³/mol. The Labute approximate surface area is 127 Å². The van der Waals surface area contributed by atoms with Gasteiger partial charge in [-0.05, 0) is 45.4 Å². The number of benzene rings is 1. The van der Waals surface area contributed by atoms with Crippen LogP contribution in [0.5, 0.6) is 0 Å². The molecule has 0 aliphatic heterocycles. The lowest BCUT2D eigenvalue weighted by Crippen LogP contribution is -2.25.